The first-order valence-corrected chi connectivity index (χ1v) is 9.53. The maximum Gasteiger partial charge on any atom is 0.191 e. The number of hydrogen-bond acceptors (Lipinski definition) is 4. The SMILES string of the molecule is CCNC(=NCc1cc(C)oc1C)NCC(c1ccco1)N1CCCC1.I. The number of nitrogens with one attached hydrogen (secondary N) is 2. The number of hydrogen-bond donors (Lipinski definition) is 2. The van der Waals surface area contributed by atoms with Crippen LogP contribution in [0, 0.1) is 13.8 Å². The van der Waals surface area contributed by atoms with Crippen LogP contribution in [0.25, 0.3) is 0 Å². The van der Waals surface area contributed by atoms with Gasteiger partial charge in [0.2, 0.25) is 0 Å². The molecule has 3 rings (SSSR count). The van der Waals surface area contributed by atoms with E-state index in [-0.39, 0.29) is 30.0 Å². The van der Waals surface area contributed by atoms with E-state index in [9.17, 15) is 0 Å². The lowest BCUT2D eigenvalue weighted by Crippen LogP contribution is -2.42. The average molecular weight is 486 g/mol. The molecule has 0 radical (unpaired) electrons. The topological polar surface area (TPSA) is 65.9 Å². The fourth-order valence-electron chi connectivity index (χ4n) is 3.48. The van der Waals surface area contributed by atoms with Gasteiger partial charge in [-0.1, -0.05) is 0 Å². The van der Waals surface area contributed by atoms with Crippen LogP contribution in [0.3, 0.4) is 0 Å². The summed E-state index contributed by atoms with van der Waals surface area (Å²) in [5.41, 5.74) is 1.13. The third-order valence-electron chi connectivity index (χ3n) is 4.81. The Labute approximate surface area is 178 Å². The second kappa shape index (κ2) is 10.8. The molecular weight excluding hydrogens is 455 g/mol. The Kier molecular flexibility index (Phi) is 8.69. The van der Waals surface area contributed by atoms with Gasteiger partial charge in [0.15, 0.2) is 5.96 Å². The smallest absolute Gasteiger partial charge is 0.191 e. The number of aliphatic imine (C=N–C) groups is 1. The lowest BCUT2D eigenvalue weighted by atomic mass is 10.2. The minimum absolute atomic E-state index is 0. The zero-order chi connectivity index (χ0) is 18.4. The lowest BCUT2D eigenvalue weighted by Gasteiger charge is -2.26. The summed E-state index contributed by atoms with van der Waals surface area (Å²) in [6.45, 7) is 10.5. The van der Waals surface area contributed by atoms with Crippen molar-refractivity contribution in [2.75, 3.05) is 26.2 Å². The minimum atomic E-state index is 0. The highest BCUT2D eigenvalue weighted by Crippen LogP contribution is 2.24. The largest absolute Gasteiger partial charge is 0.468 e. The van der Waals surface area contributed by atoms with Crippen molar-refractivity contribution in [1.82, 2.24) is 15.5 Å². The number of halogens is 1. The second-order valence-electron chi connectivity index (χ2n) is 6.79. The van der Waals surface area contributed by atoms with Crippen LogP contribution in [0.4, 0.5) is 0 Å². The molecule has 0 amide bonds. The maximum atomic E-state index is 5.69. The molecule has 1 aliphatic heterocycles. The Bertz CT molecular complexity index is 706. The van der Waals surface area contributed by atoms with Crippen molar-refractivity contribution < 1.29 is 8.83 Å². The summed E-state index contributed by atoms with van der Waals surface area (Å²) < 4.78 is 11.3. The second-order valence-corrected chi connectivity index (χ2v) is 6.79. The molecule has 27 heavy (non-hydrogen) atoms. The highest BCUT2D eigenvalue weighted by atomic mass is 127. The number of likely N-dealkylation sites (tertiary alicyclic amines) is 1. The summed E-state index contributed by atoms with van der Waals surface area (Å²) in [5, 5.41) is 6.82. The number of guanidine groups is 1. The summed E-state index contributed by atoms with van der Waals surface area (Å²) in [6.07, 6.45) is 4.26. The van der Waals surface area contributed by atoms with Gasteiger partial charge in [0.25, 0.3) is 0 Å². The Balaban J connectivity index is 0.00000261. The monoisotopic (exact) mass is 486 g/mol. The Morgan fingerprint density at radius 2 is 2.04 bits per heavy atom. The molecule has 0 aliphatic carbocycles. The zero-order valence-electron chi connectivity index (χ0n) is 16.5. The lowest BCUT2D eigenvalue weighted by molar-refractivity contribution is 0.215. The van der Waals surface area contributed by atoms with Crippen LogP contribution < -0.4 is 10.6 Å². The van der Waals surface area contributed by atoms with Crippen molar-refractivity contribution >= 4 is 29.9 Å². The molecule has 2 aromatic rings. The molecule has 1 atom stereocenters. The molecule has 1 unspecified atom stereocenters. The van der Waals surface area contributed by atoms with E-state index in [4.69, 9.17) is 13.8 Å². The van der Waals surface area contributed by atoms with Crippen LogP contribution in [-0.2, 0) is 6.54 Å². The van der Waals surface area contributed by atoms with Crippen LogP contribution in [0.2, 0.25) is 0 Å². The van der Waals surface area contributed by atoms with Gasteiger partial charge in [0, 0.05) is 18.7 Å². The molecule has 2 aromatic heterocycles. The molecule has 0 spiro atoms. The van der Waals surface area contributed by atoms with Crippen molar-refractivity contribution in [1.29, 1.82) is 0 Å². The molecule has 7 heteroatoms. The first-order chi connectivity index (χ1) is 12.7. The van der Waals surface area contributed by atoms with Gasteiger partial charge in [0.1, 0.15) is 17.3 Å². The molecule has 1 aliphatic rings. The number of nitrogens with zero attached hydrogens (tertiary/aromatic N) is 2. The van der Waals surface area contributed by atoms with Crippen molar-refractivity contribution in [2.24, 2.45) is 4.99 Å². The van der Waals surface area contributed by atoms with E-state index < -0.39 is 0 Å². The van der Waals surface area contributed by atoms with E-state index in [1.807, 2.05) is 19.9 Å². The normalized spacial score (nSPS) is 16.2. The predicted molar refractivity (Wildman–Crippen MR) is 119 cm³/mol. The van der Waals surface area contributed by atoms with Gasteiger partial charge in [-0.05, 0) is 64.9 Å². The van der Waals surface area contributed by atoms with Gasteiger partial charge in [-0.25, -0.2) is 4.99 Å². The quantitative estimate of drug-likeness (QED) is 0.352. The Morgan fingerprint density at radius 3 is 2.63 bits per heavy atom. The fraction of sp³-hybridized carbons (Fsp3) is 0.550. The number of furan rings is 2. The number of aryl methyl sites for hydroxylation is 2. The van der Waals surface area contributed by atoms with Gasteiger partial charge in [-0.2, -0.15) is 0 Å². The summed E-state index contributed by atoms with van der Waals surface area (Å²) in [4.78, 5) is 7.21. The molecule has 1 fully saturated rings. The van der Waals surface area contributed by atoms with Crippen LogP contribution in [0.15, 0.2) is 38.3 Å². The van der Waals surface area contributed by atoms with E-state index in [1.165, 1.54) is 12.8 Å². The summed E-state index contributed by atoms with van der Waals surface area (Å²) >= 11 is 0. The van der Waals surface area contributed by atoms with Gasteiger partial charge in [-0.15, -0.1) is 24.0 Å². The van der Waals surface area contributed by atoms with Crippen LogP contribution in [-0.4, -0.2) is 37.0 Å². The average Bonchev–Trinajstić information content (AvgIpc) is 3.36. The molecule has 150 valence electrons. The molecule has 0 aromatic carbocycles. The summed E-state index contributed by atoms with van der Waals surface area (Å²) in [5.74, 6) is 3.70. The first-order valence-electron chi connectivity index (χ1n) is 9.53. The molecule has 2 N–H and O–H groups in total. The van der Waals surface area contributed by atoms with Crippen molar-refractivity contribution in [3.05, 3.63) is 47.3 Å². The Morgan fingerprint density at radius 1 is 1.26 bits per heavy atom. The van der Waals surface area contributed by atoms with Crippen molar-refractivity contribution in [3.63, 3.8) is 0 Å². The highest BCUT2D eigenvalue weighted by molar-refractivity contribution is 14.0. The standard InChI is InChI=1S/C20H30N4O2.HI/c1-4-21-20(22-13-17-12-15(2)26-16(17)3)23-14-18(19-8-7-11-25-19)24-9-5-6-10-24;/h7-8,11-12,18H,4-6,9-10,13-14H2,1-3H3,(H2,21,22,23);1H. The van der Waals surface area contributed by atoms with Crippen molar-refractivity contribution in [3.8, 4) is 0 Å². The number of rotatable bonds is 7. The summed E-state index contributed by atoms with van der Waals surface area (Å²) in [7, 11) is 0. The maximum absolute atomic E-state index is 5.69. The van der Waals surface area contributed by atoms with E-state index in [0.29, 0.717) is 6.54 Å². The molecular formula is C20H31IN4O2. The van der Waals surface area contributed by atoms with Gasteiger partial charge in [0.05, 0.1) is 18.8 Å². The third kappa shape index (κ3) is 6.00. The fourth-order valence-corrected chi connectivity index (χ4v) is 3.48. The van der Waals surface area contributed by atoms with Crippen LogP contribution in [0.1, 0.15) is 48.7 Å². The van der Waals surface area contributed by atoms with Crippen molar-refractivity contribution in [2.45, 2.75) is 46.2 Å². The minimum Gasteiger partial charge on any atom is -0.468 e. The molecule has 0 saturated carbocycles. The molecule has 3 heterocycles. The third-order valence-corrected chi connectivity index (χ3v) is 4.81. The predicted octanol–water partition coefficient (Wildman–Crippen LogP) is 4.00. The van der Waals surface area contributed by atoms with Crippen LogP contribution >= 0.6 is 24.0 Å². The van der Waals surface area contributed by atoms with Gasteiger partial charge in [-0.3, -0.25) is 4.90 Å². The zero-order valence-corrected chi connectivity index (χ0v) is 18.8. The molecule has 6 nitrogen and oxygen atoms in total. The highest BCUT2D eigenvalue weighted by Gasteiger charge is 2.25. The van der Waals surface area contributed by atoms with Gasteiger partial charge < -0.3 is 19.5 Å². The molecule has 0 bridgehead atoms. The van der Waals surface area contributed by atoms with E-state index in [1.54, 1.807) is 6.26 Å². The summed E-state index contributed by atoms with van der Waals surface area (Å²) in [6, 6.07) is 6.31. The van der Waals surface area contributed by atoms with E-state index >= 15 is 0 Å². The van der Waals surface area contributed by atoms with E-state index in [0.717, 1.165) is 55.0 Å². The van der Waals surface area contributed by atoms with Gasteiger partial charge >= 0.3 is 0 Å². The molecule has 1 saturated heterocycles. The first kappa shape index (κ1) is 21.8. The van der Waals surface area contributed by atoms with Crippen LogP contribution in [0.5, 0.6) is 0 Å². The Hall–Kier alpha value is -1.48. The van der Waals surface area contributed by atoms with E-state index in [2.05, 4.69) is 34.6 Å².